The molecule has 2 aromatic heterocycles. The van der Waals surface area contributed by atoms with Crippen molar-refractivity contribution in [1.82, 2.24) is 14.5 Å². The van der Waals surface area contributed by atoms with Crippen molar-refractivity contribution in [2.24, 2.45) is 5.92 Å². The first-order valence-corrected chi connectivity index (χ1v) is 11.8. The number of rotatable bonds is 8. The van der Waals surface area contributed by atoms with Gasteiger partial charge in [0.1, 0.15) is 11.6 Å². The van der Waals surface area contributed by atoms with E-state index in [0.29, 0.717) is 40.6 Å². The van der Waals surface area contributed by atoms with Gasteiger partial charge in [-0.15, -0.1) is 0 Å². The largest absolute Gasteiger partial charge is 0.495 e. The molecule has 35 heavy (non-hydrogen) atoms. The molecule has 1 amide bonds. The van der Waals surface area contributed by atoms with E-state index in [1.807, 2.05) is 50.2 Å². The highest BCUT2D eigenvalue weighted by Gasteiger charge is 2.29. The average molecular weight is 474 g/mol. The number of benzene rings is 2. The summed E-state index contributed by atoms with van der Waals surface area (Å²) in [5, 5.41) is 0.498. The molecule has 0 aliphatic rings. The maximum atomic E-state index is 13.9. The molecule has 0 aliphatic carbocycles. The SMILES string of the molecule is COc1ccc(C)cc1-n1c(C(C)N(CCC(C)C)C(=O)c2ccco2)nc2ccccc2c1=O. The Balaban J connectivity index is 1.96. The number of nitrogens with zero attached hydrogens (tertiary/aromatic N) is 3. The number of methoxy groups -OCH3 is 1. The second-order valence-corrected chi connectivity index (χ2v) is 9.14. The van der Waals surface area contributed by atoms with Crippen molar-refractivity contribution in [1.29, 1.82) is 0 Å². The maximum absolute atomic E-state index is 13.9. The van der Waals surface area contributed by atoms with Crippen LogP contribution in [0, 0.1) is 12.8 Å². The quantitative estimate of drug-likeness (QED) is 0.336. The number of para-hydroxylation sites is 1. The predicted octanol–water partition coefficient (Wildman–Crippen LogP) is 5.55. The molecule has 0 bridgehead atoms. The van der Waals surface area contributed by atoms with Gasteiger partial charge in [0.15, 0.2) is 5.76 Å². The van der Waals surface area contributed by atoms with Gasteiger partial charge >= 0.3 is 0 Å². The highest BCUT2D eigenvalue weighted by Crippen LogP contribution is 2.29. The molecule has 4 rings (SSSR count). The molecule has 0 saturated heterocycles. The Morgan fingerprint density at radius 2 is 1.89 bits per heavy atom. The van der Waals surface area contributed by atoms with Gasteiger partial charge in [-0.25, -0.2) is 4.98 Å². The van der Waals surface area contributed by atoms with E-state index in [0.717, 1.165) is 12.0 Å². The van der Waals surface area contributed by atoms with Crippen LogP contribution >= 0.6 is 0 Å². The molecule has 7 nitrogen and oxygen atoms in total. The summed E-state index contributed by atoms with van der Waals surface area (Å²) < 4.78 is 12.6. The number of ether oxygens (including phenoxy) is 1. The van der Waals surface area contributed by atoms with Crippen LogP contribution in [0.2, 0.25) is 0 Å². The Morgan fingerprint density at radius 1 is 1.11 bits per heavy atom. The lowest BCUT2D eigenvalue weighted by Gasteiger charge is -2.30. The number of hydrogen-bond donors (Lipinski definition) is 0. The third-order valence-electron chi connectivity index (χ3n) is 6.16. The standard InChI is InChI=1S/C28H31N3O4/c1-18(2)14-15-30(28(33)25-11-8-16-35-25)20(4)26-29-22-10-7-6-9-21(22)27(32)31(26)23-17-19(3)12-13-24(23)34-5/h6-13,16-18,20H,14-15H2,1-5H3. The van der Waals surface area contributed by atoms with Crippen molar-refractivity contribution in [3.05, 3.63) is 88.4 Å². The number of carbonyl (C=O) groups is 1. The van der Waals surface area contributed by atoms with Crippen LogP contribution in [0.25, 0.3) is 16.6 Å². The third kappa shape index (κ3) is 4.85. The van der Waals surface area contributed by atoms with Crippen molar-refractivity contribution < 1.29 is 13.9 Å². The zero-order valence-electron chi connectivity index (χ0n) is 20.8. The summed E-state index contributed by atoms with van der Waals surface area (Å²) in [7, 11) is 1.58. The van der Waals surface area contributed by atoms with Crippen LogP contribution in [-0.2, 0) is 0 Å². The summed E-state index contributed by atoms with van der Waals surface area (Å²) in [5.41, 5.74) is 1.93. The van der Waals surface area contributed by atoms with Crippen LogP contribution in [0.15, 0.2) is 70.1 Å². The number of aromatic nitrogens is 2. The number of amides is 1. The Morgan fingerprint density at radius 3 is 2.57 bits per heavy atom. The molecule has 182 valence electrons. The highest BCUT2D eigenvalue weighted by atomic mass is 16.5. The summed E-state index contributed by atoms with van der Waals surface area (Å²) >= 11 is 0. The molecule has 0 saturated carbocycles. The second-order valence-electron chi connectivity index (χ2n) is 9.14. The molecule has 0 fully saturated rings. The molecule has 2 heterocycles. The zero-order valence-corrected chi connectivity index (χ0v) is 20.8. The van der Waals surface area contributed by atoms with Crippen LogP contribution in [0.3, 0.4) is 0 Å². The molecule has 0 spiro atoms. The Labute approximate surface area is 205 Å². The first-order chi connectivity index (χ1) is 16.8. The Hall–Kier alpha value is -3.87. The minimum Gasteiger partial charge on any atom is -0.495 e. The summed E-state index contributed by atoms with van der Waals surface area (Å²) in [6.45, 7) is 8.58. The summed E-state index contributed by atoms with van der Waals surface area (Å²) in [5.74, 6) is 1.41. The minimum absolute atomic E-state index is 0.212. The van der Waals surface area contributed by atoms with E-state index in [1.54, 1.807) is 34.8 Å². The monoisotopic (exact) mass is 473 g/mol. The molecule has 7 heteroatoms. The number of fused-ring (bicyclic) bond motifs is 1. The number of carbonyl (C=O) groups excluding carboxylic acids is 1. The average Bonchev–Trinajstić information content (AvgIpc) is 3.39. The van der Waals surface area contributed by atoms with Gasteiger partial charge in [0, 0.05) is 6.54 Å². The molecule has 0 N–H and O–H groups in total. The molecule has 4 aromatic rings. The minimum atomic E-state index is -0.520. The van der Waals surface area contributed by atoms with Crippen molar-refractivity contribution in [2.75, 3.05) is 13.7 Å². The number of hydrogen-bond acceptors (Lipinski definition) is 5. The van der Waals surface area contributed by atoms with Crippen molar-refractivity contribution in [2.45, 2.75) is 40.2 Å². The summed E-state index contributed by atoms with van der Waals surface area (Å²) in [6.07, 6.45) is 2.28. The van der Waals surface area contributed by atoms with E-state index >= 15 is 0 Å². The fourth-order valence-corrected chi connectivity index (χ4v) is 4.19. The maximum Gasteiger partial charge on any atom is 0.290 e. The first kappa shape index (κ1) is 24.3. The molecular formula is C28H31N3O4. The van der Waals surface area contributed by atoms with Crippen LogP contribution in [0.5, 0.6) is 5.75 Å². The van der Waals surface area contributed by atoms with Gasteiger partial charge < -0.3 is 14.1 Å². The molecule has 2 aromatic carbocycles. The topological polar surface area (TPSA) is 77.6 Å². The molecule has 1 unspecified atom stereocenters. The summed E-state index contributed by atoms with van der Waals surface area (Å²) in [4.78, 5) is 34.0. The number of aryl methyl sites for hydroxylation is 1. The lowest BCUT2D eigenvalue weighted by Crippen LogP contribution is -2.38. The lowest BCUT2D eigenvalue weighted by molar-refractivity contribution is 0.0638. The van der Waals surface area contributed by atoms with E-state index < -0.39 is 6.04 Å². The van der Waals surface area contributed by atoms with Gasteiger partial charge in [-0.1, -0.05) is 32.0 Å². The van der Waals surface area contributed by atoms with Gasteiger partial charge in [-0.3, -0.25) is 14.2 Å². The van der Waals surface area contributed by atoms with E-state index in [4.69, 9.17) is 14.1 Å². The lowest BCUT2D eigenvalue weighted by atomic mass is 10.1. The zero-order chi connectivity index (χ0) is 25.1. The van der Waals surface area contributed by atoms with E-state index in [9.17, 15) is 9.59 Å². The fraction of sp³-hybridized carbons (Fsp3) is 0.321. The molecular weight excluding hydrogens is 442 g/mol. The van der Waals surface area contributed by atoms with Gasteiger partial charge in [0.25, 0.3) is 11.5 Å². The van der Waals surface area contributed by atoms with E-state index in [1.165, 1.54) is 6.26 Å². The van der Waals surface area contributed by atoms with Gasteiger partial charge in [0.2, 0.25) is 0 Å². The van der Waals surface area contributed by atoms with Crippen LogP contribution in [0.4, 0.5) is 0 Å². The Kier molecular flexibility index (Phi) is 7.05. The van der Waals surface area contributed by atoms with Gasteiger partial charge in [-0.2, -0.15) is 0 Å². The number of furan rings is 1. The van der Waals surface area contributed by atoms with Crippen molar-refractivity contribution >= 4 is 16.8 Å². The third-order valence-corrected chi connectivity index (χ3v) is 6.16. The molecule has 0 radical (unpaired) electrons. The van der Waals surface area contributed by atoms with Crippen LogP contribution in [-0.4, -0.2) is 34.0 Å². The fourth-order valence-electron chi connectivity index (χ4n) is 4.19. The van der Waals surface area contributed by atoms with Crippen molar-refractivity contribution in [3.63, 3.8) is 0 Å². The first-order valence-electron chi connectivity index (χ1n) is 11.8. The van der Waals surface area contributed by atoms with Gasteiger partial charge in [-0.05, 0) is 68.1 Å². The predicted molar refractivity (Wildman–Crippen MR) is 136 cm³/mol. The van der Waals surface area contributed by atoms with Crippen LogP contribution < -0.4 is 10.3 Å². The van der Waals surface area contributed by atoms with E-state index in [2.05, 4.69) is 13.8 Å². The van der Waals surface area contributed by atoms with E-state index in [-0.39, 0.29) is 17.2 Å². The van der Waals surface area contributed by atoms with Crippen molar-refractivity contribution in [3.8, 4) is 11.4 Å². The Bertz CT molecular complexity index is 1390. The van der Waals surface area contributed by atoms with Crippen LogP contribution in [0.1, 0.15) is 55.2 Å². The highest BCUT2D eigenvalue weighted by molar-refractivity contribution is 5.91. The smallest absolute Gasteiger partial charge is 0.290 e. The summed E-state index contributed by atoms with van der Waals surface area (Å²) in [6, 6.07) is 15.8. The van der Waals surface area contributed by atoms with Gasteiger partial charge in [0.05, 0.1) is 36.0 Å². The normalized spacial score (nSPS) is 12.2. The second kappa shape index (κ2) is 10.2. The molecule has 1 atom stereocenters. The molecule has 0 aliphatic heterocycles.